The van der Waals surface area contributed by atoms with Crippen LogP contribution in [-0.2, 0) is 14.3 Å². The topological polar surface area (TPSA) is 73.9 Å². The van der Waals surface area contributed by atoms with Crippen LogP contribution in [-0.4, -0.2) is 44.8 Å². The van der Waals surface area contributed by atoms with E-state index in [0.717, 1.165) is 19.4 Å². The Bertz CT molecular complexity index is 497. The molecule has 2 rings (SSSR count). The normalized spacial score (nSPS) is 17.3. The van der Waals surface area contributed by atoms with Gasteiger partial charge < -0.3 is 19.5 Å². The zero-order valence-corrected chi connectivity index (χ0v) is 12.0. The molecule has 0 spiro atoms. The van der Waals surface area contributed by atoms with Gasteiger partial charge in [-0.15, -0.1) is 0 Å². The molecule has 1 saturated heterocycles. The van der Waals surface area contributed by atoms with Crippen molar-refractivity contribution in [3.8, 4) is 5.75 Å². The van der Waals surface area contributed by atoms with Crippen molar-refractivity contribution in [2.75, 3.05) is 26.9 Å². The van der Waals surface area contributed by atoms with Crippen molar-refractivity contribution in [2.24, 2.45) is 0 Å². The average molecular weight is 293 g/mol. The zero-order valence-electron chi connectivity index (χ0n) is 12.0. The number of methoxy groups -OCH3 is 1. The van der Waals surface area contributed by atoms with Crippen molar-refractivity contribution < 1.29 is 23.8 Å². The van der Waals surface area contributed by atoms with Crippen molar-refractivity contribution in [1.29, 1.82) is 0 Å². The smallest absolute Gasteiger partial charge is 0.338 e. The van der Waals surface area contributed by atoms with Crippen molar-refractivity contribution >= 4 is 11.9 Å². The van der Waals surface area contributed by atoms with E-state index in [1.165, 1.54) is 7.11 Å². The number of benzene rings is 1. The molecule has 1 atom stereocenters. The lowest BCUT2D eigenvalue weighted by atomic mass is 10.2. The Balaban J connectivity index is 1.73. The fourth-order valence-corrected chi connectivity index (χ4v) is 2.05. The van der Waals surface area contributed by atoms with E-state index in [9.17, 15) is 9.59 Å². The van der Waals surface area contributed by atoms with Gasteiger partial charge in [0, 0.05) is 13.2 Å². The van der Waals surface area contributed by atoms with Crippen LogP contribution in [0.5, 0.6) is 5.75 Å². The van der Waals surface area contributed by atoms with E-state index in [1.54, 1.807) is 24.3 Å². The Morgan fingerprint density at radius 3 is 3.00 bits per heavy atom. The van der Waals surface area contributed by atoms with Crippen LogP contribution in [0, 0.1) is 0 Å². The third-order valence-electron chi connectivity index (χ3n) is 3.19. The maximum absolute atomic E-state index is 11.8. The van der Waals surface area contributed by atoms with E-state index in [-0.39, 0.29) is 18.6 Å². The Hall–Kier alpha value is -2.08. The van der Waals surface area contributed by atoms with Crippen molar-refractivity contribution in [3.63, 3.8) is 0 Å². The number of rotatable bonds is 6. The molecule has 114 valence electrons. The van der Waals surface area contributed by atoms with E-state index in [4.69, 9.17) is 14.2 Å². The van der Waals surface area contributed by atoms with Gasteiger partial charge in [0.1, 0.15) is 5.75 Å². The number of hydrogen-bond acceptors (Lipinski definition) is 5. The second kappa shape index (κ2) is 7.64. The second-order valence-electron chi connectivity index (χ2n) is 4.75. The van der Waals surface area contributed by atoms with Crippen LogP contribution in [0.3, 0.4) is 0 Å². The quantitative estimate of drug-likeness (QED) is 0.796. The summed E-state index contributed by atoms with van der Waals surface area (Å²) in [5, 5.41) is 2.69. The molecule has 0 saturated carbocycles. The van der Waals surface area contributed by atoms with Crippen LogP contribution < -0.4 is 10.1 Å². The van der Waals surface area contributed by atoms with Gasteiger partial charge in [-0.1, -0.05) is 6.07 Å². The Kier molecular flexibility index (Phi) is 5.57. The molecule has 6 nitrogen and oxygen atoms in total. The molecule has 0 aromatic heterocycles. The monoisotopic (exact) mass is 293 g/mol. The predicted octanol–water partition coefficient (Wildman–Crippen LogP) is 1.15. The standard InChI is InChI=1S/C15H19NO5/c1-19-12-5-2-4-11(8-12)15(18)21-10-14(17)16-9-13-6-3-7-20-13/h2,4-5,8,13H,3,6-7,9-10H2,1H3,(H,16,17)/t13-/m0/s1. The lowest BCUT2D eigenvalue weighted by Gasteiger charge is -2.11. The fourth-order valence-electron chi connectivity index (χ4n) is 2.05. The first-order valence-corrected chi connectivity index (χ1v) is 6.88. The highest BCUT2D eigenvalue weighted by Gasteiger charge is 2.17. The molecule has 6 heteroatoms. The first kappa shape index (κ1) is 15.3. The van der Waals surface area contributed by atoms with E-state index < -0.39 is 5.97 Å². The summed E-state index contributed by atoms with van der Waals surface area (Å²) >= 11 is 0. The fraction of sp³-hybridized carbons (Fsp3) is 0.467. The SMILES string of the molecule is COc1cccc(C(=O)OCC(=O)NC[C@@H]2CCCO2)c1. The number of amides is 1. The Morgan fingerprint density at radius 1 is 1.43 bits per heavy atom. The minimum atomic E-state index is -0.554. The summed E-state index contributed by atoms with van der Waals surface area (Å²) < 4.78 is 15.4. The van der Waals surface area contributed by atoms with Gasteiger partial charge in [0.05, 0.1) is 18.8 Å². The molecule has 0 aliphatic carbocycles. The predicted molar refractivity (Wildman–Crippen MR) is 75.3 cm³/mol. The molecule has 1 N–H and O–H groups in total. The highest BCUT2D eigenvalue weighted by Crippen LogP contribution is 2.13. The lowest BCUT2D eigenvalue weighted by Crippen LogP contribution is -2.34. The van der Waals surface area contributed by atoms with E-state index >= 15 is 0 Å². The van der Waals surface area contributed by atoms with Crippen molar-refractivity contribution in [3.05, 3.63) is 29.8 Å². The molecule has 1 heterocycles. The second-order valence-corrected chi connectivity index (χ2v) is 4.75. The first-order chi connectivity index (χ1) is 10.2. The van der Waals surface area contributed by atoms with Gasteiger partial charge in [-0.25, -0.2) is 4.79 Å². The molecule has 0 radical (unpaired) electrons. The third-order valence-corrected chi connectivity index (χ3v) is 3.19. The molecule has 1 aromatic rings. The van der Waals surface area contributed by atoms with Crippen LogP contribution in [0.15, 0.2) is 24.3 Å². The summed E-state index contributed by atoms with van der Waals surface area (Å²) in [6.07, 6.45) is 2.04. The Labute approximate surface area is 123 Å². The maximum atomic E-state index is 11.8. The maximum Gasteiger partial charge on any atom is 0.338 e. The third kappa shape index (κ3) is 4.75. The molecule has 1 fully saturated rings. The van der Waals surface area contributed by atoms with Crippen molar-refractivity contribution in [1.82, 2.24) is 5.32 Å². The molecule has 1 aliphatic rings. The summed E-state index contributed by atoms with van der Waals surface area (Å²) in [6.45, 7) is 0.893. The molecular weight excluding hydrogens is 274 g/mol. The van der Waals surface area contributed by atoms with Gasteiger partial charge in [0.2, 0.25) is 0 Å². The molecular formula is C15H19NO5. The molecule has 0 bridgehead atoms. The number of carbonyl (C=O) groups is 2. The minimum Gasteiger partial charge on any atom is -0.497 e. The van der Waals surface area contributed by atoms with Crippen molar-refractivity contribution in [2.45, 2.75) is 18.9 Å². The van der Waals surface area contributed by atoms with Crippen LogP contribution in [0.1, 0.15) is 23.2 Å². The van der Waals surface area contributed by atoms with Gasteiger partial charge in [0.25, 0.3) is 5.91 Å². The van der Waals surface area contributed by atoms with Gasteiger partial charge >= 0.3 is 5.97 Å². The van der Waals surface area contributed by atoms with Crippen LogP contribution in [0.4, 0.5) is 0 Å². The number of nitrogens with one attached hydrogen (secondary N) is 1. The molecule has 21 heavy (non-hydrogen) atoms. The van der Waals surface area contributed by atoms with Gasteiger partial charge in [-0.2, -0.15) is 0 Å². The highest BCUT2D eigenvalue weighted by atomic mass is 16.5. The highest BCUT2D eigenvalue weighted by molar-refractivity contribution is 5.91. The largest absolute Gasteiger partial charge is 0.497 e. The van der Waals surface area contributed by atoms with Crippen LogP contribution in [0.25, 0.3) is 0 Å². The molecule has 0 unspecified atom stereocenters. The number of esters is 1. The van der Waals surface area contributed by atoms with Gasteiger partial charge in [0.15, 0.2) is 6.61 Å². The van der Waals surface area contributed by atoms with Crippen LogP contribution in [0.2, 0.25) is 0 Å². The summed E-state index contributed by atoms with van der Waals surface area (Å²) in [4.78, 5) is 23.4. The number of ether oxygens (including phenoxy) is 3. The lowest BCUT2D eigenvalue weighted by molar-refractivity contribution is -0.124. The van der Waals surface area contributed by atoms with E-state index in [0.29, 0.717) is 17.9 Å². The summed E-state index contributed by atoms with van der Waals surface area (Å²) in [7, 11) is 1.52. The number of hydrogen-bond donors (Lipinski definition) is 1. The molecule has 1 amide bonds. The van der Waals surface area contributed by atoms with E-state index in [2.05, 4.69) is 5.32 Å². The summed E-state index contributed by atoms with van der Waals surface area (Å²) in [5.41, 5.74) is 0.348. The number of carbonyl (C=O) groups excluding carboxylic acids is 2. The summed E-state index contributed by atoms with van der Waals surface area (Å²) in [6, 6.07) is 6.58. The van der Waals surface area contributed by atoms with Gasteiger partial charge in [-0.3, -0.25) is 4.79 Å². The average Bonchev–Trinajstić information content (AvgIpc) is 3.04. The van der Waals surface area contributed by atoms with Gasteiger partial charge in [-0.05, 0) is 31.0 Å². The summed E-state index contributed by atoms with van der Waals surface area (Å²) in [5.74, 6) is -0.324. The zero-order chi connectivity index (χ0) is 15.1. The van der Waals surface area contributed by atoms with Crippen LogP contribution >= 0.6 is 0 Å². The Morgan fingerprint density at radius 2 is 2.29 bits per heavy atom. The molecule has 1 aliphatic heterocycles. The molecule has 1 aromatic carbocycles. The minimum absolute atomic E-state index is 0.0723. The first-order valence-electron chi connectivity index (χ1n) is 6.88. The van der Waals surface area contributed by atoms with E-state index in [1.807, 2.05) is 0 Å².